The minimum absolute atomic E-state index is 0.0406. The van der Waals surface area contributed by atoms with Crippen molar-refractivity contribution in [3.05, 3.63) is 35.6 Å². The number of nitrogens with one attached hydrogen (secondary N) is 2. The van der Waals surface area contributed by atoms with E-state index in [1.54, 1.807) is 12.1 Å². The number of urea groups is 1. The second-order valence-electron chi connectivity index (χ2n) is 9.54. The minimum Gasteiger partial charge on any atom is -0.351 e. The second-order valence-corrected chi connectivity index (χ2v) is 9.54. The maximum Gasteiger partial charge on any atom is 0.317 e. The lowest BCUT2D eigenvalue weighted by Crippen LogP contribution is -2.60. The van der Waals surface area contributed by atoms with Crippen LogP contribution in [0.3, 0.4) is 0 Å². The first-order valence-corrected chi connectivity index (χ1v) is 11.1. The number of piperazine rings is 1. The van der Waals surface area contributed by atoms with Crippen molar-refractivity contribution in [1.29, 1.82) is 0 Å². The van der Waals surface area contributed by atoms with Gasteiger partial charge in [0.15, 0.2) is 0 Å². The highest BCUT2D eigenvalue weighted by molar-refractivity contribution is 5.82. The molecule has 1 heterocycles. The van der Waals surface area contributed by atoms with Gasteiger partial charge in [0.1, 0.15) is 5.82 Å². The Kier molecular flexibility index (Phi) is 7.34. The first-order valence-electron chi connectivity index (χ1n) is 11.1. The van der Waals surface area contributed by atoms with Crippen molar-refractivity contribution in [2.45, 2.75) is 64.6 Å². The van der Waals surface area contributed by atoms with E-state index in [9.17, 15) is 14.0 Å². The van der Waals surface area contributed by atoms with Crippen LogP contribution < -0.4 is 10.6 Å². The number of benzene rings is 1. The van der Waals surface area contributed by atoms with Gasteiger partial charge in [-0.2, -0.15) is 0 Å². The van der Waals surface area contributed by atoms with E-state index in [1.165, 1.54) is 25.0 Å². The number of hydrogen-bond acceptors (Lipinski definition) is 3. The Labute approximate surface area is 179 Å². The minimum atomic E-state index is -0.276. The van der Waals surface area contributed by atoms with Crippen LogP contribution in [0.5, 0.6) is 0 Å². The summed E-state index contributed by atoms with van der Waals surface area (Å²) >= 11 is 0. The molecule has 7 heteroatoms. The average Bonchev–Trinajstić information content (AvgIpc) is 3.21. The molecule has 1 aliphatic carbocycles. The summed E-state index contributed by atoms with van der Waals surface area (Å²) in [6.07, 6.45) is 4.47. The van der Waals surface area contributed by atoms with Crippen LogP contribution in [0.2, 0.25) is 0 Å². The zero-order chi connectivity index (χ0) is 21.7. The number of hydrogen-bond donors (Lipinski definition) is 2. The van der Waals surface area contributed by atoms with Gasteiger partial charge in [0.25, 0.3) is 0 Å². The number of amides is 3. The van der Waals surface area contributed by atoms with E-state index in [0.29, 0.717) is 38.6 Å². The molecule has 2 N–H and O–H groups in total. The Morgan fingerprint density at radius 2 is 1.67 bits per heavy atom. The van der Waals surface area contributed by atoms with Crippen LogP contribution in [0.25, 0.3) is 0 Å². The van der Waals surface area contributed by atoms with Crippen molar-refractivity contribution >= 4 is 11.9 Å². The molecule has 3 amide bonds. The van der Waals surface area contributed by atoms with E-state index in [1.807, 2.05) is 25.7 Å². The monoisotopic (exact) mass is 418 g/mol. The van der Waals surface area contributed by atoms with Crippen LogP contribution in [0, 0.1) is 11.7 Å². The summed E-state index contributed by atoms with van der Waals surface area (Å²) in [6.45, 7) is 8.96. The second kappa shape index (κ2) is 9.77. The Hall–Kier alpha value is -2.15. The Balaban J connectivity index is 1.59. The molecule has 1 aliphatic heterocycles. The van der Waals surface area contributed by atoms with E-state index in [2.05, 4.69) is 15.5 Å². The summed E-state index contributed by atoms with van der Waals surface area (Å²) in [5.41, 5.74) is 0.625. The van der Waals surface area contributed by atoms with Crippen LogP contribution in [0.15, 0.2) is 24.3 Å². The Morgan fingerprint density at radius 3 is 2.23 bits per heavy atom. The van der Waals surface area contributed by atoms with Gasteiger partial charge >= 0.3 is 6.03 Å². The fraction of sp³-hybridized carbons (Fsp3) is 0.652. The van der Waals surface area contributed by atoms with Gasteiger partial charge in [-0.1, -0.05) is 25.0 Å². The summed E-state index contributed by atoms with van der Waals surface area (Å²) < 4.78 is 13.1. The zero-order valence-electron chi connectivity index (χ0n) is 18.4. The lowest BCUT2D eigenvalue weighted by molar-refractivity contribution is -0.129. The first kappa shape index (κ1) is 22.5. The normalized spacial score (nSPS) is 19.5. The maximum absolute atomic E-state index is 13.2. The molecule has 1 saturated carbocycles. The molecule has 1 aromatic carbocycles. The predicted molar refractivity (Wildman–Crippen MR) is 115 cm³/mol. The molecule has 1 aromatic rings. The molecule has 1 atom stereocenters. The van der Waals surface area contributed by atoms with Gasteiger partial charge in [0, 0.05) is 38.3 Å². The average molecular weight is 419 g/mol. The Morgan fingerprint density at radius 1 is 1.07 bits per heavy atom. The number of nitrogens with zero attached hydrogens (tertiary/aromatic N) is 2. The summed E-state index contributed by atoms with van der Waals surface area (Å²) in [5, 5.41) is 6.08. The standard InChI is InChI=1S/C23H35FN4O2/c1-23(2,3)26-22(30)28-14-12-27(13-15-28)20(18-6-4-5-7-18)21(29)25-16-17-8-10-19(24)11-9-17/h8-11,18,20H,4-7,12-16H2,1-3H3,(H,25,29)(H,26,30). The van der Waals surface area contributed by atoms with Crippen LogP contribution in [0.1, 0.15) is 52.0 Å². The van der Waals surface area contributed by atoms with Crippen molar-refractivity contribution in [2.75, 3.05) is 26.2 Å². The third-order valence-corrected chi connectivity index (χ3v) is 5.97. The van der Waals surface area contributed by atoms with Crippen LogP contribution in [-0.4, -0.2) is 59.5 Å². The van der Waals surface area contributed by atoms with Crippen LogP contribution in [0.4, 0.5) is 9.18 Å². The molecule has 3 rings (SSSR count). The smallest absolute Gasteiger partial charge is 0.317 e. The number of rotatable bonds is 5. The highest BCUT2D eigenvalue weighted by Gasteiger charge is 2.37. The van der Waals surface area contributed by atoms with Crippen molar-refractivity contribution in [2.24, 2.45) is 5.92 Å². The van der Waals surface area contributed by atoms with E-state index < -0.39 is 0 Å². The van der Waals surface area contributed by atoms with Crippen molar-refractivity contribution in [3.8, 4) is 0 Å². The van der Waals surface area contributed by atoms with Gasteiger partial charge in [0.05, 0.1) is 6.04 Å². The third kappa shape index (κ3) is 6.17. The summed E-state index contributed by atoms with van der Waals surface area (Å²) in [5.74, 6) is 0.120. The topological polar surface area (TPSA) is 64.7 Å². The van der Waals surface area contributed by atoms with E-state index in [4.69, 9.17) is 0 Å². The molecular weight excluding hydrogens is 383 g/mol. The van der Waals surface area contributed by atoms with Gasteiger partial charge in [-0.25, -0.2) is 9.18 Å². The fourth-order valence-corrected chi connectivity index (χ4v) is 4.45. The molecule has 0 radical (unpaired) electrons. The van der Waals surface area contributed by atoms with Gasteiger partial charge in [-0.3, -0.25) is 9.69 Å². The summed E-state index contributed by atoms with van der Waals surface area (Å²) in [6, 6.07) is 6.02. The lowest BCUT2D eigenvalue weighted by atomic mass is 9.95. The van der Waals surface area contributed by atoms with Crippen molar-refractivity contribution in [3.63, 3.8) is 0 Å². The van der Waals surface area contributed by atoms with E-state index >= 15 is 0 Å². The molecule has 1 saturated heterocycles. The van der Waals surface area contributed by atoms with Gasteiger partial charge < -0.3 is 15.5 Å². The van der Waals surface area contributed by atoms with Gasteiger partial charge in [-0.15, -0.1) is 0 Å². The predicted octanol–water partition coefficient (Wildman–Crippen LogP) is 3.13. The largest absolute Gasteiger partial charge is 0.351 e. The maximum atomic E-state index is 13.2. The van der Waals surface area contributed by atoms with E-state index in [0.717, 1.165) is 18.4 Å². The lowest BCUT2D eigenvalue weighted by Gasteiger charge is -2.41. The number of halogens is 1. The number of carbonyl (C=O) groups is 2. The molecule has 1 unspecified atom stereocenters. The molecule has 0 spiro atoms. The van der Waals surface area contributed by atoms with Crippen LogP contribution in [-0.2, 0) is 11.3 Å². The van der Waals surface area contributed by atoms with Crippen molar-refractivity contribution < 1.29 is 14.0 Å². The number of carbonyl (C=O) groups excluding carboxylic acids is 2. The summed E-state index contributed by atoms with van der Waals surface area (Å²) in [7, 11) is 0. The Bertz CT molecular complexity index is 718. The molecule has 0 bridgehead atoms. The highest BCUT2D eigenvalue weighted by Crippen LogP contribution is 2.31. The quantitative estimate of drug-likeness (QED) is 0.772. The SMILES string of the molecule is CC(C)(C)NC(=O)N1CCN(C(C(=O)NCc2ccc(F)cc2)C2CCCC2)CC1. The van der Waals surface area contributed by atoms with Crippen LogP contribution >= 0.6 is 0 Å². The molecule has 0 aromatic heterocycles. The van der Waals surface area contributed by atoms with Gasteiger partial charge in [-0.05, 0) is 57.2 Å². The highest BCUT2D eigenvalue weighted by atomic mass is 19.1. The third-order valence-electron chi connectivity index (χ3n) is 5.97. The van der Waals surface area contributed by atoms with Crippen molar-refractivity contribution in [1.82, 2.24) is 20.4 Å². The summed E-state index contributed by atoms with van der Waals surface area (Å²) in [4.78, 5) is 29.7. The molecule has 30 heavy (non-hydrogen) atoms. The van der Waals surface area contributed by atoms with Gasteiger partial charge in [0.2, 0.25) is 5.91 Å². The molecular formula is C23H35FN4O2. The molecule has 6 nitrogen and oxygen atoms in total. The molecule has 2 fully saturated rings. The fourth-order valence-electron chi connectivity index (χ4n) is 4.45. The molecule has 166 valence electrons. The first-order chi connectivity index (χ1) is 14.2. The van der Waals surface area contributed by atoms with E-state index in [-0.39, 0.29) is 29.3 Å². The zero-order valence-corrected chi connectivity index (χ0v) is 18.4. The molecule has 2 aliphatic rings.